The minimum Gasteiger partial charge on any atom is -0.409 e. The fourth-order valence-corrected chi connectivity index (χ4v) is 3.03. The van der Waals surface area contributed by atoms with E-state index in [2.05, 4.69) is 15.0 Å². The molecule has 106 valence electrons. The number of amidine groups is 1. The molecule has 1 heterocycles. The summed E-state index contributed by atoms with van der Waals surface area (Å²) in [6.45, 7) is 4.76. The van der Waals surface area contributed by atoms with Crippen LogP contribution in [-0.4, -0.2) is 23.1 Å². The van der Waals surface area contributed by atoms with Crippen LogP contribution >= 0.6 is 11.3 Å². The van der Waals surface area contributed by atoms with E-state index < -0.39 is 0 Å². The Labute approximate surface area is 122 Å². The third-order valence-electron chi connectivity index (χ3n) is 3.23. The van der Waals surface area contributed by atoms with E-state index in [1.807, 2.05) is 44.6 Å². The fourth-order valence-electron chi connectivity index (χ4n) is 2.20. The zero-order valence-electron chi connectivity index (χ0n) is 11.8. The minimum atomic E-state index is 0.122. The van der Waals surface area contributed by atoms with Gasteiger partial charge in [-0.25, -0.2) is 4.98 Å². The SMILES string of the molecule is Cc1cccc(/C(N)=N/O)c1N(C)Cc1scnc1C. The first-order valence-electron chi connectivity index (χ1n) is 6.22. The predicted molar refractivity (Wildman–Crippen MR) is 82.6 cm³/mol. The summed E-state index contributed by atoms with van der Waals surface area (Å²) in [7, 11) is 2.00. The zero-order valence-corrected chi connectivity index (χ0v) is 12.6. The lowest BCUT2D eigenvalue weighted by atomic mass is 10.1. The number of oxime groups is 1. The quantitative estimate of drug-likeness (QED) is 0.392. The van der Waals surface area contributed by atoms with Crippen LogP contribution in [0.15, 0.2) is 28.9 Å². The van der Waals surface area contributed by atoms with Gasteiger partial charge in [0.25, 0.3) is 0 Å². The molecule has 0 atom stereocenters. The van der Waals surface area contributed by atoms with Gasteiger partial charge >= 0.3 is 0 Å². The third-order valence-corrected chi connectivity index (χ3v) is 4.15. The number of thiazole rings is 1. The first-order chi connectivity index (χ1) is 9.54. The Morgan fingerprint density at radius 2 is 2.20 bits per heavy atom. The molecule has 0 unspecified atom stereocenters. The van der Waals surface area contributed by atoms with Crippen molar-refractivity contribution in [2.24, 2.45) is 10.9 Å². The molecule has 0 saturated heterocycles. The van der Waals surface area contributed by atoms with Crippen LogP contribution in [0.1, 0.15) is 21.7 Å². The normalized spacial score (nSPS) is 11.7. The molecule has 3 N–H and O–H groups in total. The second-order valence-electron chi connectivity index (χ2n) is 4.67. The van der Waals surface area contributed by atoms with Crippen LogP contribution in [0.4, 0.5) is 5.69 Å². The second kappa shape index (κ2) is 5.92. The zero-order chi connectivity index (χ0) is 14.7. The van der Waals surface area contributed by atoms with Gasteiger partial charge in [-0.15, -0.1) is 11.3 Å². The Hall–Kier alpha value is -2.08. The Morgan fingerprint density at radius 3 is 2.80 bits per heavy atom. The lowest BCUT2D eigenvalue weighted by molar-refractivity contribution is 0.318. The number of anilines is 1. The van der Waals surface area contributed by atoms with Crippen LogP contribution in [0.2, 0.25) is 0 Å². The standard InChI is InChI=1S/C14H18N4OS/c1-9-5-4-6-11(14(15)17-19)13(9)18(3)7-12-10(2)16-8-20-12/h4-6,8,19H,7H2,1-3H3,(H2,15,17). The summed E-state index contributed by atoms with van der Waals surface area (Å²) >= 11 is 1.63. The number of aryl methyl sites for hydroxylation is 2. The van der Waals surface area contributed by atoms with Gasteiger partial charge in [0.05, 0.1) is 23.4 Å². The maximum Gasteiger partial charge on any atom is 0.172 e. The van der Waals surface area contributed by atoms with Crippen LogP contribution in [0.3, 0.4) is 0 Å². The van der Waals surface area contributed by atoms with Crippen LogP contribution in [-0.2, 0) is 6.54 Å². The Balaban J connectivity index is 2.39. The number of benzene rings is 1. The maximum atomic E-state index is 8.92. The van der Waals surface area contributed by atoms with Gasteiger partial charge in [-0.2, -0.15) is 0 Å². The number of aromatic nitrogens is 1. The van der Waals surface area contributed by atoms with Crippen LogP contribution in [0.25, 0.3) is 0 Å². The molecule has 0 fully saturated rings. The number of nitrogens with two attached hydrogens (primary N) is 1. The monoisotopic (exact) mass is 290 g/mol. The molecule has 0 amide bonds. The summed E-state index contributed by atoms with van der Waals surface area (Å²) in [5.41, 5.74) is 11.4. The molecule has 0 aliphatic rings. The van der Waals surface area contributed by atoms with E-state index in [9.17, 15) is 0 Å². The van der Waals surface area contributed by atoms with Crippen molar-refractivity contribution in [2.75, 3.05) is 11.9 Å². The molecule has 0 saturated carbocycles. The first-order valence-corrected chi connectivity index (χ1v) is 7.10. The summed E-state index contributed by atoms with van der Waals surface area (Å²) < 4.78 is 0. The first kappa shape index (κ1) is 14.3. The van der Waals surface area contributed by atoms with Gasteiger partial charge < -0.3 is 15.8 Å². The molecule has 20 heavy (non-hydrogen) atoms. The highest BCUT2D eigenvalue weighted by Crippen LogP contribution is 2.27. The summed E-state index contributed by atoms with van der Waals surface area (Å²) in [5.74, 6) is 0.122. The van der Waals surface area contributed by atoms with E-state index in [0.29, 0.717) is 0 Å². The average Bonchev–Trinajstić information content (AvgIpc) is 2.82. The minimum absolute atomic E-state index is 0.122. The lowest BCUT2D eigenvalue weighted by Gasteiger charge is -2.24. The van der Waals surface area contributed by atoms with Crippen molar-refractivity contribution < 1.29 is 5.21 Å². The molecule has 0 aliphatic heterocycles. The number of hydrogen-bond donors (Lipinski definition) is 2. The molecule has 2 aromatic rings. The van der Waals surface area contributed by atoms with Gasteiger partial charge in [-0.05, 0) is 25.5 Å². The van der Waals surface area contributed by atoms with Crippen molar-refractivity contribution in [3.05, 3.63) is 45.4 Å². The highest BCUT2D eigenvalue weighted by molar-refractivity contribution is 7.09. The van der Waals surface area contributed by atoms with Crippen LogP contribution in [0, 0.1) is 13.8 Å². The molecule has 6 heteroatoms. The van der Waals surface area contributed by atoms with Crippen molar-refractivity contribution >= 4 is 22.9 Å². The highest BCUT2D eigenvalue weighted by Gasteiger charge is 2.15. The van der Waals surface area contributed by atoms with E-state index in [-0.39, 0.29) is 5.84 Å². The van der Waals surface area contributed by atoms with Crippen molar-refractivity contribution in [2.45, 2.75) is 20.4 Å². The predicted octanol–water partition coefficient (Wildman–Crippen LogP) is 2.49. The molecule has 5 nitrogen and oxygen atoms in total. The summed E-state index contributed by atoms with van der Waals surface area (Å²) in [6, 6.07) is 5.77. The molecule has 0 aliphatic carbocycles. The van der Waals surface area contributed by atoms with Gasteiger partial charge in [0.15, 0.2) is 5.84 Å². The largest absolute Gasteiger partial charge is 0.409 e. The van der Waals surface area contributed by atoms with E-state index in [0.717, 1.165) is 29.1 Å². The second-order valence-corrected chi connectivity index (χ2v) is 5.61. The van der Waals surface area contributed by atoms with Crippen molar-refractivity contribution in [3.8, 4) is 0 Å². The maximum absolute atomic E-state index is 8.92. The molecule has 2 rings (SSSR count). The van der Waals surface area contributed by atoms with Crippen molar-refractivity contribution in [1.82, 2.24) is 4.98 Å². The molecular formula is C14H18N4OS. The van der Waals surface area contributed by atoms with E-state index in [4.69, 9.17) is 10.9 Å². The van der Waals surface area contributed by atoms with E-state index in [1.54, 1.807) is 11.3 Å². The molecule has 1 aromatic carbocycles. The average molecular weight is 290 g/mol. The molecule has 0 radical (unpaired) electrons. The topological polar surface area (TPSA) is 74.7 Å². The summed E-state index contributed by atoms with van der Waals surface area (Å²) in [6.07, 6.45) is 0. The molecule has 0 spiro atoms. The van der Waals surface area contributed by atoms with E-state index >= 15 is 0 Å². The third kappa shape index (κ3) is 2.75. The summed E-state index contributed by atoms with van der Waals surface area (Å²) in [4.78, 5) is 7.57. The Kier molecular flexibility index (Phi) is 4.24. The van der Waals surface area contributed by atoms with Crippen LogP contribution in [0.5, 0.6) is 0 Å². The fraction of sp³-hybridized carbons (Fsp3) is 0.286. The summed E-state index contributed by atoms with van der Waals surface area (Å²) in [5, 5.41) is 12.0. The number of rotatable bonds is 4. The van der Waals surface area contributed by atoms with E-state index in [1.165, 1.54) is 4.88 Å². The van der Waals surface area contributed by atoms with Gasteiger partial charge in [-0.1, -0.05) is 17.3 Å². The number of hydrogen-bond acceptors (Lipinski definition) is 5. The highest BCUT2D eigenvalue weighted by atomic mass is 32.1. The van der Waals surface area contributed by atoms with Gasteiger partial charge in [0.1, 0.15) is 0 Å². The smallest absolute Gasteiger partial charge is 0.172 e. The Morgan fingerprint density at radius 1 is 1.45 bits per heavy atom. The Bertz CT molecular complexity index is 636. The molecule has 1 aromatic heterocycles. The molecular weight excluding hydrogens is 272 g/mol. The van der Waals surface area contributed by atoms with Crippen LogP contribution < -0.4 is 10.6 Å². The number of para-hydroxylation sites is 1. The van der Waals surface area contributed by atoms with Gasteiger partial charge in [-0.3, -0.25) is 0 Å². The van der Waals surface area contributed by atoms with Crippen molar-refractivity contribution in [1.29, 1.82) is 0 Å². The van der Waals surface area contributed by atoms with Gasteiger partial charge in [0, 0.05) is 17.5 Å². The van der Waals surface area contributed by atoms with Gasteiger partial charge in [0.2, 0.25) is 0 Å². The number of nitrogens with zero attached hydrogens (tertiary/aromatic N) is 3. The van der Waals surface area contributed by atoms with Crippen molar-refractivity contribution in [3.63, 3.8) is 0 Å². The molecule has 0 bridgehead atoms. The lowest BCUT2D eigenvalue weighted by Crippen LogP contribution is -2.23.